The van der Waals surface area contributed by atoms with Gasteiger partial charge in [0.1, 0.15) is 6.61 Å². The molecular formula is C15H18F3NO. The molecule has 2 nitrogen and oxygen atoms in total. The van der Waals surface area contributed by atoms with E-state index in [1.54, 1.807) is 6.08 Å². The minimum absolute atomic E-state index is 0.317. The van der Waals surface area contributed by atoms with Gasteiger partial charge in [-0.1, -0.05) is 23.4 Å². The molecule has 0 heterocycles. The van der Waals surface area contributed by atoms with Gasteiger partial charge in [-0.15, -0.1) is 12.3 Å². The van der Waals surface area contributed by atoms with Gasteiger partial charge in [0.25, 0.3) is 0 Å². The molecule has 20 heavy (non-hydrogen) atoms. The maximum Gasteiger partial charge on any atom is 0.392 e. The quantitative estimate of drug-likeness (QED) is 0.296. The third-order valence-corrected chi connectivity index (χ3v) is 2.66. The smallest absolute Gasteiger partial charge is 0.392 e. The van der Waals surface area contributed by atoms with Crippen LogP contribution in [0.5, 0.6) is 0 Å². The van der Waals surface area contributed by atoms with E-state index in [0.717, 1.165) is 30.2 Å². The molecule has 0 aromatic rings. The van der Waals surface area contributed by atoms with Gasteiger partial charge in [-0.2, -0.15) is 13.2 Å². The van der Waals surface area contributed by atoms with Crippen LogP contribution in [0.3, 0.4) is 0 Å². The second-order valence-corrected chi connectivity index (χ2v) is 4.49. The molecule has 0 aromatic carbocycles. The fraction of sp³-hybridized carbons (Fsp3) is 0.533. The summed E-state index contributed by atoms with van der Waals surface area (Å²) in [5.41, 5.74) is 1.52. The molecule has 0 unspecified atom stereocenters. The molecule has 110 valence electrons. The predicted molar refractivity (Wildman–Crippen MR) is 73.1 cm³/mol. The van der Waals surface area contributed by atoms with Crippen LogP contribution in [0, 0.1) is 18.3 Å². The van der Waals surface area contributed by atoms with Crippen molar-refractivity contribution in [3.63, 3.8) is 0 Å². The summed E-state index contributed by atoms with van der Waals surface area (Å²) < 4.78 is 36.1. The van der Waals surface area contributed by atoms with Gasteiger partial charge in [-0.25, -0.2) is 0 Å². The van der Waals surface area contributed by atoms with Gasteiger partial charge < -0.3 is 4.84 Å². The van der Waals surface area contributed by atoms with Crippen LogP contribution in [0.4, 0.5) is 13.2 Å². The lowest BCUT2D eigenvalue weighted by Crippen LogP contribution is -2.07. The van der Waals surface area contributed by atoms with Crippen LogP contribution in [0.2, 0.25) is 0 Å². The Morgan fingerprint density at radius 3 is 2.65 bits per heavy atom. The van der Waals surface area contributed by atoms with Crippen LogP contribution in [0.25, 0.3) is 0 Å². The molecule has 0 radical (unpaired) electrons. The first-order valence-corrected chi connectivity index (χ1v) is 6.54. The molecule has 1 fully saturated rings. The number of rotatable bonds is 7. The minimum Gasteiger partial charge on any atom is -0.396 e. The number of halogens is 3. The molecule has 1 aliphatic rings. The van der Waals surface area contributed by atoms with Crippen LogP contribution in [0.15, 0.2) is 29.0 Å². The largest absolute Gasteiger partial charge is 0.396 e. The molecule has 0 amide bonds. The van der Waals surface area contributed by atoms with E-state index in [4.69, 9.17) is 11.3 Å². The van der Waals surface area contributed by atoms with Crippen molar-refractivity contribution in [3.05, 3.63) is 23.8 Å². The molecule has 1 saturated carbocycles. The summed E-state index contributed by atoms with van der Waals surface area (Å²) in [5, 5.41) is 4.05. The van der Waals surface area contributed by atoms with Crippen LogP contribution >= 0.6 is 0 Å². The number of allylic oxidation sites excluding steroid dienone is 4. The molecule has 0 atom stereocenters. The fourth-order valence-electron chi connectivity index (χ4n) is 1.62. The first-order valence-electron chi connectivity index (χ1n) is 6.54. The van der Waals surface area contributed by atoms with E-state index in [0.29, 0.717) is 18.9 Å². The number of nitrogens with zero attached hydrogens (tertiary/aromatic N) is 1. The summed E-state index contributed by atoms with van der Waals surface area (Å²) in [6, 6.07) is 0. The average molecular weight is 285 g/mol. The van der Waals surface area contributed by atoms with Crippen molar-refractivity contribution in [1.29, 1.82) is 0 Å². The van der Waals surface area contributed by atoms with E-state index < -0.39 is 12.6 Å². The fourth-order valence-corrected chi connectivity index (χ4v) is 1.62. The van der Waals surface area contributed by atoms with Gasteiger partial charge in [-0.05, 0) is 25.3 Å². The van der Waals surface area contributed by atoms with E-state index >= 15 is 0 Å². The lowest BCUT2D eigenvalue weighted by atomic mass is 10.0. The zero-order valence-corrected chi connectivity index (χ0v) is 11.4. The summed E-state index contributed by atoms with van der Waals surface area (Å²) in [7, 11) is 0. The SMILES string of the molecule is C#CC/C(=C\C=C/CC(F)(F)F)C(=NOCC)C1CC1. The first kappa shape index (κ1) is 16.4. The summed E-state index contributed by atoms with van der Waals surface area (Å²) in [4.78, 5) is 5.06. The Morgan fingerprint density at radius 1 is 1.45 bits per heavy atom. The highest BCUT2D eigenvalue weighted by Gasteiger charge is 2.30. The second kappa shape index (κ2) is 7.78. The van der Waals surface area contributed by atoms with Crippen LogP contribution in [-0.4, -0.2) is 18.5 Å². The van der Waals surface area contributed by atoms with E-state index in [1.807, 2.05) is 6.92 Å². The van der Waals surface area contributed by atoms with Gasteiger partial charge >= 0.3 is 6.18 Å². The molecule has 0 aromatic heterocycles. The zero-order valence-electron chi connectivity index (χ0n) is 11.4. The maximum absolute atomic E-state index is 12.0. The predicted octanol–water partition coefficient (Wildman–Crippen LogP) is 4.25. The first-order chi connectivity index (χ1) is 9.48. The summed E-state index contributed by atoms with van der Waals surface area (Å²) in [6.45, 7) is 2.27. The second-order valence-electron chi connectivity index (χ2n) is 4.49. The summed E-state index contributed by atoms with van der Waals surface area (Å²) in [5.74, 6) is 2.82. The van der Waals surface area contributed by atoms with Crippen molar-refractivity contribution in [3.8, 4) is 12.3 Å². The Kier molecular flexibility index (Phi) is 6.37. The molecular weight excluding hydrogens is 267 g/mol. The van der Waals surface area contributed by atoms with E-state index in [2.05, 4.69) is 11.1 Å². The molecule has 0 aliphatic heterocycles. The summed E-state index contributed by atoms with van der Waals surface area (Å²) in [6.07, 6.45) is 6.57. The van der Waals surface area contributed by atoms with E-state index in [1.165, 1.54) is 6.08 Å². The minimum atomic E-state index is -4.19. The van der Waals surface area contributed by atoms with Gasteiger partial charge in [0.05, 0.1) is 12.1 Å². The van der Waals surface area contributed by atoms with Gasteiger partial charge in [0.2, 0.25) is 0 Å². The van der Waals surface area contributed by atoms with Gasteiger partial charge in [-0.3, -0.25) is 0 Å². The Labute approximate surface area is 117 Å². The van der Waals surface area contributed by atoms with Gasteiger partial charge in [0.15, 0.2) is 0 Å². The highest BCUT2D eigenvalue weighted by molar-refractivity contribution is 6.03. The standard InChI is InChI=1S/C15H18F3NO/c1-3-7-12(8-5-6-11-15(16,17)18)14(13-9-10-13)19-20-4-2/h1,5-6,8,13H,4,7,9-11H2,2H3/b6-5-,12-8+,19-14?. The van der Waals surface area contributed by atoms with E-state index in [9.17, 15) is 13.2 Å². The number of hydrogen-bond donors (Lipinski definition) is 0. The Bertz CT molecular complexity index is 437. The zero-order chi connectivity index (χ0) is 15.0. The molecule has 0 saturated heterocycles. The van der Waals surface area contributed by atoms with Crippen LogP contribution in [-0.2, 0) is 4.84 Å². The van der Waals surface area contributed by atoms with Crippen molar-refractivity contribution in [2.45, 2.75) is 38.8 Å². The number of terminal acetylenes is 1. The Hall–Kier alpha value is -1.70. The normalized spacial score (nSPS) is 17.4. The molecule has 0 spiro atoms. The lowest BCUT2D eigenvalue weighted by molar-refractivity contribution is -0.125. The van der Waals surface area contributed by atoms with Crippen molar-refractivity contribution in [2.24, 2.45) is 11.1 Å². The highest BCUT2D eigenvalue weighted by atomic mass is 19.4. The topological polar surface area (TPSA) is 21.6 Å². The number of hydrogen-bond acceptors (Lipinski definition) is 2. The molecule has 5 heteroatoms. The van der Waals surface area contributed by atoms with Crippen molar-refractivity contribution in [2.75, 3.05) is 6.61 Å². The Balaban J connectivity index is 2.78. The van der Waals surface area contributed by atoms with Crippen LogP contribution < -0.4 is 0 Å². The maximum atomic E-state index is 12.0. The lowest BCUT2D eigenvalue weighted by Gasteiger charge is -2.07. The molecule has 0 N–H and O–H groups in total. The Morgan fingerprint density at radius 2 is 2.15 bits per heavy atom. The average Bonchev–Trinajstić information content (AvgIpc) is 3.18. The third-order valence-electron chi connectivity index (χ3n) is 2.66. The van der Waals surface area contributed by atoms with Crippen LogP contribution in [0.1, 0.15) is 32.6 Å². The molecule has 1 rings (SSSR count). The highest BCUT2D eigenvalue weighted by Crippen LogP contribution is 2.34. The number of oxime groups is 1. The van der Waals surface area contributed by atoms with Crippen molar-refractivity contribution < 1.29 is 18.0 Å². The van der Waals surface area contributed by atoms with Crippen molar-refractivity contribution in [1.82, 2.24) is 0 Å². The van der Waals surface area contributed by atoms with Crippen molar-refractivity contribution >= 4 is 5.71 Å². The summed E-state index contributed by atoms with van der Waals surface area (Å²) >= 11 is 0. The monoisotopic (exact) mass is 285 g/mol. The molecule has 0 bridgehead atoms. The van der Waals surface area contributed by atoms with E-state index in [-0.39, 0.29) is 0 Å². The molecule has 1 aliphatic carbocycles. The van der Waals surface area contributed by atoms with Gasteiger partial charge in [0, 0.05) is 12.3 Å². The number of alkyl halides is 3. The third kappa shape index (κ3) is 6.46.